The third-order valence-electron chi connectivity index (χ3n) is 4.13. The van der Waals surface area contributed by atoms with Gasteiger partial charge in [0.1, 0.15) is 0 Å². The van der Waals surface area contributed by atoms with Crippen molar-refractivity contribution in [3.63, 3.8) is 0 Å². The van der Waals surface area contributed by atoms with Crippen LogP contribution in [0.2, 0.25) is 0 Å². The van der Waals surface area contributed by atoms with E-state index in [2.05, 4.69) is 52.1 Å². The summed E-state index contributed by atoms with van der Waals surface area (Å²) in [6, 6.07) is 11.3. The van der Waals surface area contributed by atoms with Gasteiger partial charge in [0.15, 0.2) is 5.96 Å². The highest BCUT2D eigenvalue weighted by atomic mass is 127. The number of carbonyl (C=O) groups is 1. The van der Waals surface area contributed by atoms with Gasteiger partial charge in [0, 0.05) is 32.1 Å². The Hall–Kier alpha value is -1.31. The van der Waals surface area contributed by atoms with Gasteiger partial charge in [-0.1, -0.05) is 30.3 Å². The Balaban J connectivity index is 0.00000312. The second kappa shape index (κ2) is 12.1. The number of nitrogens with one attached hydrogen (secondary N) is 3. The minimum atomic E-state index is 0. The molecule has 0 spiro atoms. The minimum absolute atomic E-state index is 0. The second-order valence-corrected chi connectivity index (χ2v) is 6.51. The fourth-order valence-corrected chi connectivity index (χ4v) is 2.51. The van der Waals surface area contributed by atoms with E-state index in [4.69, 9.17) is 0 Å². The van der Waals surface area contributed by atoms with E-state index in [-0.39, 0.29) is 29.9 Å². The number of aliphatic imine (C=N–C) groups is 1. The summed E-state index contributed by atoms with van der Waals surface area (Å²) >= 11 is 0. The van der Waals surface area contributed by atoms with E-state index in [0.29, 0.717) is 18.5 Å². The molecule has 6 heteroatoms. The average Bonchev–Trinajstić information content (AvgIpc) is 3.40. The predicted octanol–water partition coefficient (Wildman–Crippen LogP) is 2.85. The van der Waals surface area contributed by atoms with Gasteiger partial charge >= 0.3 is 0 Å². The van der Waals surface area contributed by atoms with E-state index < -0.39 is 0 Å². The van der Waals surface area contributed by atoms with Gasteiger partial charge in [0.05, 0.1) is 0 Å². The molecular formula is C19H31IN4O. The Morgan fingerprint density at radius 3 is 2.64 bits per heavy atom. The lowest BCUT2D eigenvalue weighted by molar-refractivity contribution is -0.121. The van der Waals surface area contributed by atoms with Crippen molar-refractivity contribution in [2.75, 3.05) is 13.6 Å². The SMILES string of the molecule is CN=C(NCCCC(=O)NC1CC1)NC(C)CCc1ccccc1.I. The molecule has 1 aliphatic carbocycles. The Morgan fingerprint density at radius 1 is 1.28 bits per heavy atom. The topological polar surface area (TPSA) is 65.5 Å². The molecule has 1 amide bonds. The van der Waals surface area contributed by atoms with Crippen molar-refractivity contribution in [1.82, 2.24) is 16.0 Å². The largest absolute Gasteiger partial charge is 0.356 e. The van der Waals surface area contributed by atoms with E-state index in [0.717, 1.165) is 44.6 Å². The number of hydrogen-bond donors (Lipinski definition) is 3. The van der Waals surface area contributed by atoms with Gasteiger partial charge in [-0.3, -0.25) is 9.79 Å². The maximum absolute atomic E-state index is 11.6. The van der Waals surface area contributed by atoms with Gasteiger partial charge in [-0.05, 0) is 44.6 Å². The number of aryl methyl sites for hydroxylation is 1. The summed E-state index contributed by atoms with van der Waals surface area (Å²) in [5.41, 5.74) is 1.36. The summed E-state index contributed by atoms with van der Waals surface area (Å²) < 4.78 is 0. The Kier molecular flexibility index (Phi) is 10.5. The Morgan fingerprint density at radius 2 is 2.00 bits per heavy atom. The number of halogens is 1. The van der Waals surface area contributed by atoms with Crippen molar-refractivity contribution in [2.24, 2.45) is 4.99 Å². The summed E-state index contributed by atoms with van der Waals surface area (Å²) in [5.74, 6) is 0.969. The van der Waals surface area contributed by atoms with Crippen molar-refractivity contribution in [3.8, 4) is 0 Å². The zero-order valence-corrected chi connectivity index (χ0v) is 17.6. The van der Waals surface area contributed by atoms with E-state index >= 15 is 0 Å². The fraction of sp³-hybridized carbons (Fsp3) is 0.579. The normalized spacial score (nSPS) is 15.0. The van der Waals surface area contributed by atoms with E-state index in [1.165, 1.54) is 5.56 Å². The van der Waals surface area contributed by atoms with Crippen LogP contribution in [0.4, 0.5) is 0 Å². The maximum Gasteiger partial charge on any atom is 0.220 e. The van der Waals surface area contributed by atoms with Crippen LogP contribution in [0.25, 0.3) is 0 Å². The monoisotopic (exact) mass is 458 g/mol. The van der Waals surface area contributed by atoms with E-state index in [1.54, 1.807) is 7.05 Å². The molecule has 0 aromatic heterocycles. The molecule has 2 rings (SSSR count). The Labute approximate surface area is 168 Å². The average molecular weight is 458 g/mol. The summed E-state index contributed by atoms with van der Waals surface area (Å²) in [6.45, 7) is 2.92. The first-order chi connectivity index (χ1) is 11.7. The van der Waals surface area contributed by atoms with Gasteiger partial charge in [-0.2, -0.15) is 0 Å². The fourth-order valence-electron chi connectivity index (χ4n) is 2.51. The van der Waals surface area contributed by atoms with Crippen LogP contribution >= 0.6 is 24.0 Å². The zero-order valence-electron chi connectivity index (χ0n) is 15.3. The van der Waals surface area contributed by atoms with E-state index in [9.17, 15) is 4.79 Å². The molecule has 0 heterocycles. The van der Waals surface area contributed by atoms with Gasteiger partial charge in [-0.25, -0.2) is 0 Å². The van der Waals surface area contributed by atoms with Crippen LogP contribution in [0.1, 0.15) is 44.6 Å². The molecule has 3 N–H and O–H groups in total. The number of carbonyl (C=O) groups excluding carboxylic acids is 1. The highest BCUT2D eigenvalue weighted by Crippen LogP contribution is 2.18. The van der Waals surface area contributed by atoms with Gasteiger partial charge in [0.25, 0.3) is 0 Å². The lowest BCUT2D eigenvalue weighted by atomic mass is 10.1. The summed E-state index contributed by atoms with van der Waals surface area (Å²) in [5, 5.41) is 9.70. The van der Waals surface area contributed by atoms with Crippen LogP contribution in [-0.2, 0) is 11.2 Å². The standard InChI is InChI=1S/C19H30N4O.HI/c1-15(10-11-16-7-4-3-5-8-16)22-19(20-2)21-14-6-9-18(24)23-17-12-13-17;/h3-5,7-8,15,17H,6,9-14H2,1-2H3,(H,23,24)(H2,20,21,22);1H. The first-order valence-electron chi connectivity index (χ1n) is 8.98. The van der Waals surface area contributed by atoms with E-state index in [1.807, 2.05) is 6.07 Å². The molecule has 0 bridgehead atoms. The lowest BCUT2D eigenvalue weighted by Crippen LogP contribution is -2.42. The van der Waals surface area contributed by atoms with Gasteiger partial charge in [-0.15, -0.1) is 24.0 Å². The van der Waals surface area contributed by atoms with Crippen LogP contribution in [0, 0.1) is 0 Å². The van der Waals surface area contributed by atoms with Crippen LogP contribution < -0.4 is 16.0 Å². The lowest BCUT2D eigenvalue weighted by Gasteiger charge is -2.18. The van der Waals surface area contributed by atoms with Crippen LogP contribution in [0.15, 0.2) is 35.3 Å². The molecule has 1 aromatic rings. The number of guanidine groups is 1. The molecule has 1 atom stereocenters. The molecule has 0 aliphatic heterocycles. The van der Waals surface area contributed by atoms with Crippen molar-refractivity contribution in [3.05, 3.63) is 35.9 Å². The molecule has 1 aromatic carbocycles. The van der Waals surface area contributed by atoms with Crippen molar-refractivity contribution >= 4 is 35.8 Å². The second-order valence-electron chi connectivity index (χ2n) is 6.51. The van der Waals surface area contributed by atoms with Crippen LogP contribution in [0.3, 0.4) is 0 Å². The number of benzene rings is 1. The molecule has 5 nitrogen and oxygen atoms in total. The highest BCUT2D eigenvalue weighted by Gasteiger charge is 2.22. The summed E-state index contributed by atoms with van der Waals surface area (Å²) in [4.78, 5) is 15.9. The van der Waals surface area contributed by atoms with Gasteiger partial charge in [0.2, 0.25) is 5.91 Å². The van der Waals surface area contributed by atoms with Crippen LogP contribution in [-0.4, -0.2) is 37.5 Å². The smallest absolute Gasteiger partial charge is 0.220 e. The van der Waals surface area contributed by atoms with Crippen molar-refractivity contribution in [1.29, 1.82) is 0 Å². The summed E-state index contributed by atoms with van der Waals surface area (Å²) in [7, 11) is 1.78. The molecule has 1 fully saturated rings. The first-order valence-corrected chi connectivity index (χ1v) is 8.98. The number of nitrogens with zero attached hydrogens (tertiary/aromatic N) is 1. The third-order valence-corrected chi connectivity index (χ3v) is 4.13. The quantitative estimate of drug-likeness (QED) is 0.231. The predicted molar refractivity (Wildman–Crippen MR) is 115 cm³/mol. The van der Waals surface area contributed by atoms with Gasteiger partial charge < -0.3 is 16.0 Å². The van der Waals surface area contributed by atoms with Crippen molar-refractivity contribution in [2.45, 2.75) is 57.5 Å². The number of rotatable bonds is 9. The molecule has 0 saturated heterocycles. The molecule has 0 radical (unpaired) electrons. The first kappa shape index (κ1) is 21.7. The zero-order chi connectivity index (χ0) is 17.2. The number of hydrogen-bond acceptors (Lipinski definition) is 2. The molecular weight excluding hydrogens is 427 g/mol. The maximum atomic E-state index is 11.6. The number of amides is 1. The molecule has 1 aliphatic rings. The molecule has 140 valence electrons. The van der Waals surface area contributed by atoms with Crippen molar-refractivity contribution < 1.29 is 4.79 Å². The summed E-state index contributed by atoms with van der Waals surface area (Å²) in [6.07, 6.45) is 5.77. The molecule has 1 unspecified atom stereocenters. The molecule has 25 heavy (non-hydrogen) atoms. The minimum Gasteiger partial charge on any atom is -0.356 e. The molecule has 1 saturated carbocycles. The third kappa shape index (κ3) is 9.67. The highest BCUT2D eigenvalue weighted by molar-refractivity contribution is 14.0. The van der Waals surface area contributed by atoms with Crippen LogP contribution in [0.5, 0.6) is 0 Å². The Bertz CT molecular complexity index is 531.